The highest BCUT2D eigenvalue weighted by molar-refractivity contribution is 8.00. The number of fused-ring (bicyclic) bond motifs is 3. The zero-order valence-electron chi connectivity index (χ0n) is 16.0. The van der Waals surface area contributed by atoms with Gasteiger partial charge in [0.1, 0.15) is 5.75 Å². The van der Waals surface area contributed by atoms with Crippen LogP contribution in [0.3, 0.4) is 0 Å². The van der Waals surface area contributed by atoms with E-state index in [4.69, 9.17) is 16.3 Å². The molecule has 0 aliphatic heterocycles. The molecule has 3 heterocycles. The molecule has 29 heavy (non-hydrogen) atoms. The van der Waals surface area contributed by atoms with Crippen LogP contribution in [0.25, 0.3) is 16.6 Å². The number of methoxy groups -OCH3 is 1. The van der Waals surface area contributed by atoms with Crippen LogP contribution < -0.4 is 10.1 Å². The average Bonchev–Trinajstić information content (AvgIpc) is 3.11. The van der Waals surface area contributed by atoms with Crippen LogP contribution in [0.1, 0.15) is 12.5 Å². The summed E-state index contributed by atoms with van der Waals surface area (Å²) in [6.45, 7) is 3.84. The lowest BCUT2D eigenvalue weighted by Gasteiger charge is -2.13. The van der Waals surface area contributed by atoms with E-state index in [2.05, 4.69) is 20.5 Å². The van der Waals surface area contributed by atoms with E-state index >= 15 is 0 Å². The van der Waals surface area contributed by atoms with Crippen LogP contribution in [-0.4, -0.2) is 37.8 Å². The van der Waals surface area contributed by atoms with Gasteiger partial charge in [-0.25, -0.2) is 4.98 Å². The Hall–Kier alpha value is -2.84. The Balaban J connectivity index is 1.68. The van der Waals surface area contributed by atoms with Gasteiger partial charge < -0.3 is 10.1 Å². The number of benzene rings is 1. The summed E-state index contributed by atoms with van der Waals surface area (Å²) in [5.74, 6) is 0.543. The van der Waals surface area contributed by atoms with E-state index in [1.54, 1.807) is 25.4 Å². The summed E-state index contributed by atoms with van der Waals surface area (Å²) >= 11 is 7.35. The van der Waals surface area contributed by atoms with Crippen LogP contribution in [0, 0.1) is 6.92 Å². The monoisotopic (exact) mass is 427 g/mol. The summed E-state index contributed by atoms with van der Waals surface area (Å²) in [5, 5.41) is 12.9. The first kappa shape index (κ1) is 19.5. The van der Waals surface area contributed by atoms with Crippen molar-refractivity contribution in [2.75, 3.05) is 12.4 Å². The molecular weight excluding hydrogens is 410 g/mol. The lowest BCUT2D eigenvalue weighted by molar-refractivity contribution is -0.115. The lowest BCUT2D eigenvalue weighted by atomic mass is 10.1. The fraction of sp³-hybridized carbons (Fsp3) is 0.200. The molecule has 148 valence electrons. The molecule has 0 radical (unpaired) electrons. The van der Waals surface area contributed by atoms with Crippen molar-refractivity contribution in [2.45, 2.75) is 24.3 Å². The largest absolute Gasteiger partial charge is 0.497 e. The molecule has 0 saturated heterocycles. The zero-order chi connectivity index (χ0) is 20.5. The van der Waals surface area contributed by atoms with Gasteiger partial charge in [0.15, 0.2) is 16.0 Å². The smallest absolute Gasteiger partial charge is 0.237 e. The van der Waals surface area contributed by atoms with Gasteiger partial charge >= 0.3 is 0 Å². The molecule has 0 aliphatic carbocycles. The summed E-state index contributed by atoms with van der Waals surface area (Å²) in [6.07, 6.45) is 1.57. The number of anilines is 1. The standard InChI is InChI=1S/C20H18ClN5O2S/c1-11-9-17-24-25-20(26(17)16-10-13(28-3)6-7-14(11)16)29-12(2)19(27)23-15-5-4-8-22-18(15)21/h4-10,12H,1-3H3,(H,23,27)/t12-/m1/s1. The van der Waals surface area contributed by atoms with Crippen molar-refractivity contribution in [3.8, 4) is 5.75 Å². The average molecular weight is 428 g/mol. The number of halogens is 1. The first-order valence-corrected chi connectivity index (χ1v) is 10.1. The Kier molecular flexibility index (Phi) is 5.29. The number of nitrogens with one attached hydrogen (secondary N) is 1. The number of rotatable bonds is 5. The number of ether oxygens (including phenoxy) is 1. The maximum absolute atomic E-state index is 12.6. The number of carbonyl (C=O) groups is 1. The Morgan fingerprint density at radius 3 is 2.86 bits per heavy atom. The predicted molar refractivity (Wildman–Crippen MR) is 115 cm³/mol. The van der Waals surface area contributed by atoms with Crippen molar-refractivity contribution in [3.63, 3.8) is 0 Å². The quantitative estimate of drug-likeness (QED) is 0.376. The van der Waals surface area contributed by atoms with Gasteiger partial charge in [-0.1, -0.05) is 23.4 Å². The van der Waals surface area contributed by atoms with Gasteiger partial charge in [0.2, 0.25) is 5.91 Å². The van der Waals surface area contributed by atoms with Crippen LogP contribution >= 0.6 is 23.4 Å². The predicted octanol–water partition coefficient (Wildman–Crippen LogP) is 4.37. The van der Waals surface area contributed by atoms with Crippen LogP contribution in [0.4, 0.5) is 5.69 Å². The number of aromatic nitrogens is 4. The number of pyridine rings is 2. The van der Waals surface area contributed by atoms with Gasteiger partial charge in [-0.3, -0.25) is 9.20 Å². The minimum absolute atomic E-state index is 0.198. The molecule has 9 heteroatoms. The molecule has 0 bridgehead atoms. The third-order valence-electron chi connectivity index (χ3n) is 4.54. The second-order valence-corrected chi connectivity index (χ2v) is 8.14. The normalized spacial score (nSPS) is 12.3. The summed E-state index contributed by atoms with van der Waals surface area (Å²) < 4.78 is 7.32. The van der Waals surface area contributed by atoms with Crippen molar-refractivity contribution in [1.29, 1.82) is 0 Å². The summed E-state index contributed by atoms with van der Waals surface area (Å²) in [5.41, 5.74) is 3.21. The van der Waals surface area contributed by atoms with Gasteiger partial charge in [-0.2, -0.15) is 0 Å². The number of hydrogen-bond acceptors (Lipinski definition) is 6. The highest BCUT2D eigenvalue weighted by Crippen LogP contribution is 2.30. The van der Waals surface area contributed by atoms with Crippen molar-refractivity contribution in [3.05, 3.63) is 53.3 Å². The maximum atomic E-state index is 12.6. The Labute approximate surface area is 176 Å². The molecule has 0 fully saturated rings. The van der Waals surface area contributed by atoms with Crippen LogP contribution in [0.5, 0.6) is 5.75 Å². The van der Waals surface area contributed by atoms with Gasteiger partial charge in [0.25, 0.3) is 0 Å². The molecule has 4 aromatic rings. The lowest BCUT2D eigenvalue weighted by Crippen LogP contribution is -2.23. The maximum Gasteiger partial charge on any atom is 0.237 e. The van der Waals surface area contributed by atoms with E-state index in [0.717, 1.165) is 22.2 Å². The molecule has 0 unspecified atom stereocenters. The van der Waals surface area contributed by atoms with E-state index in [1.807, 2.05) is 42.5 Å². The third-order valence-corrected chi connectivity index (χ3v) is 5.89. The molecule has 4 rings (SSSR count). The molecule has 0 spiro atoms. The Morgan fingerprint density at radius 1 is 1.28 bits per heavy atom. The number of nitrogens with zero attached hydrogens (tertiary/aromatic N) is 4. The van der Waals surface area contributed by atoms with Gasteiger partial charge in [-0.05, 0) is 49.7 Å². The van der Waals surface area contributed by atoms with E-state index < -0.39 is 5.25 Å². The highest BCUT2D eigenvalue weighted by atomic mass is 35.5. The fourth-order valence-electron chi connectivity index (χ4n) is 3.03. The van der Waals surface area contributed by atoms with Crippen LogP contribution in [-0.2, 0) is 4.79 Å². The molecule has 1 N–H and O–H groups in total. The summed E-state index contributed by atoms with van der Waals surface area (Å²) in [7, 11) is 1.63. The summed E-state index contributed by atoms with van der Waals surface area (Å²) in [6, 6.07) is 11.3. The molecule has 1 aromatic carbocycles. The van der Waals surface area contributed by atoms with Crippen LogP contribution in [0.15, 0.2) is 47.8 Å². The van der Waals surface area contributed by atoms with Crippen molar-refractivity contribution < 1.29 is 9.53 Å². The van der Waals surface area contributed by atoms with Crippen molar-refractivity contribution in [2.24, 2.45) is 0 Å². The molecule has 1 atom stereocenters. The second-order valence-electron chi connectivity index (χ2n) is 6.48. The number of aryl methyl sites for hydroxylation is 1. The molecule has 0 saturated carbocycles. The fourth-order valence-corrected chi connectivity index (χ4v) is 4.07. The van der Waals surface area contributed by atoms with Gasteiger partial charge in [0.05, 0.1) is 23.6 Å². The topological polar surface area (TPSA) is 81.4 Å². The number of thioether (sulfide) groups is 1. The molecule has 1 amide bonds. The van der Waals surface area contributed by atoms with Gasteiger partial charge in [0, 0.05) is 17.6 Å². The number of carbonyl (C=O) groups excluding carboxylic acids is 1. The molecule has 7 nitrogen and oxygen atoms in total. The minimum Gasteiger partial charge on any atom is -0.497 e. The van der Waals surface area contributed by atoms with E-state index in [1.165, 1.54) is 11.8 Å². The first-order chi connectivity index (χ1) is 14.0. The molecular formula is C20H18ClN5O2S. The zero-order valence-corrected chi connectivity index (χ0v) is 17.6. The minimum atomic E-state index is -0.430. The third kappa shape index (κ3) is 3.73. The van der Waals surface area contributed by atoms with Crippen molar-refractivity contribution in [1.82, 2.24) is 19.6 Å². The highest BCUT2D eigenvalue weighted by Gasteiger charge is 2.20. The summed E-state index contributed by atoms with van der Waals surface area (Å²) in [4.78, 5) is 16.6. The second kappa shape index (κ2) is 7.88. The van der Waals surface area contributed by atoms with E-state index in [-0.39, 0.29) is 11.1 Å². The number of hydrogen-bond donors (Lipinski definition) is 1. The Morgan fingerprint density at radius 2 is 2.10 bits per heavy atom. The molecule has 3 aromatic heterocycles. The van der Waals surface area contributed by atoms with Gasteiger partial charge in [-0.15, -0.1) is 10.2 Å². The SMILES string of the molecule is COc1ccc2c(C)cc3nnc(S[C@H](C)C(=O)Nc4cccnc4Cl)n3c2c1. The van der Waals surface area contributed by atoms with E-state index in [9.17, 15) is 4.79 Å². The van der Waals surface area contributed by atoms with Crippen LogP contribution in [0.2, 0.25) is 5.15 Å². The first-order valence-electron chi connectivity index (χ1n) is 8.88. The Bertz CT molecular complexity index is 1230. The number of amides is 1. The van der Waals surface area contributed by atoms with Crippen molar-refractivity contribution >= 4 is 51.5 Å². The van der Waals surface area contributed by atoms with E-state index in [0.29, 0.717) is 16.5 Å². The molecule has 0 aliphatic rings.